The van der Waals surface area contributed by atoms with E-state index >= 15 is 0 Å². The first-order valence-electron chi connectivity index (χ1n) is 5.05. The number of anilines is 1. The van der Waals surface area contributed by atoms with Crippen molar-refractivity contribution in [2.75, 3.05) is 11.9 Å². The largest absolute Gasteiger partial charge is 0.390 e. The van der Waals surface area contributed by atoms with Crippen molar-refractivity contribution in [3.05, 3.63) is 38.9 Å². The highest BCUT2D eigenvalue weighted by Gasteiger charge is 2.06. The summed E-state index contributed by atoms with van der Waals surface area (Å²) < 4.78 is 1.12. The molecule has 2 heterocycles. The van der Waals surface area contributed by atoms with E-state index in [9.17, 15) is 0 Å². The normalized spacial score (nSPS) is 10.5. The topological polar surface area (TPSA) is 49.2 Å². The average Bonchev–Trinajstić information content (AvgIpc) is 2.75. The SMILES string of the molecule is CN(Cc1csc(Br)c1)c1cncc(CO)n1. The Hall–Kier alpha value is -0.980. The van der Waals surface area contributed by atoms with Crippen molar-refractivity contribution in [3.63, 3.8) is 0 Å². The summed E-state index contributed by atoms with van der Waals surface area (Å²) in [6.07, 6.45) is 3.26. The molecule has 0 bridgehead atoms. The fourth-order valence-corrected chi connectivity index (χ4v) is 2.64. The Kier molecular flexibility index (Phi) is 4.09. The van der Waals surface area contributed by atoms with Crippen molar-refractivity contribution in [2.24, 2.45) is 0 Å². The van der Waals surface area contributed by atoms with E-state index < -0.39 is 0 Å². The van der Waals surface area contributed by atoms with Crippen LogP contribution in [0, 0.1) is 0 Å². The van der Waals surface area contributed by atoms with Crippen molar-refractivity contribution in [1.29, 1.82) is 0 Å². The molecular weight excluding hydrogens is 302 g/mol. The van der Waals surface area contributed by atoms with Crippen molar-refractivity contribution in [3.8, 4) is 0 Å². The molecule has 6 heteroatoms. The molecule has 0 atom stereocenters. The first kappa shape index (κ1) is 12.5. The Morgan fingerprint density at radius 2 is 2.29 bits per heavy atom. The first-order valence-corrected chi connectivity index (χ1v) is 6.72. The van der Waals surface area contributed by atoms with Gasteiger partial charge in [-0.15, -0.1) is 11.3 Å². The highest BCUT2D eigenvalue weighted by molar-refractivity contribution is 9.11. The molecule has 4 nitrogen and oxygen atoms in total. The third kappa shape index (κ3) is 3.24. The summed E-state index contributed by atoms with van der Waals surface area (Å²) in [5, 5.41) is 11.1. The molecule has 1 N–H and O–H groups in total. The summed E-state index contributed by atoms with van der Waals surface area (Å²) >= 11 is 5.10. The van der Waals surface area contributed by atoms with Crippen LogP contribution in [0.4, 0.5) is 5.82 Å². The number of hydrogen-bond donors (Lipinski definition) is 1. The first-order chi connectivity index (χ1) is 8.19. The number of nitrogens with zero attached hydrogens (tertiary/aromatic N) is 3. The van der Waals surface area contributed by atoms with E-state index in [1.54, 1.807) is 23.7 Å². The Bertz CT molecular complexity index is 503. The Balaban J connectivity index is 2.11. The number of halogens is 1. The monoisotopic (exact) mass is 313 g/mol. The number of aromatic nitrogens is 2. The number of hydrogen-bond acceptors (Lipinski definition) is 5. The second kappa shape index (κ2) is 5.57. The van der Waals surface area contributed by atoms with E-state index in [2.05, 4.69) is 37.3 Å². The zero-order chi connectivity index (χ0) is 12.3. The fourth-order valence-electron chi connectivity index (χ4n) is 1.44. The van der Waals surface area contributed by atoms with Crippen LogP contribution in [0.3, 0.4) is 0 Å². The van der Waals surface area contributed by atoms with Crippen molar-refractivity contribution < 1.29 is 5.11 Å². The maximum absolute atomic E-state index is 9.01. The van der Waals surface area contributed by atoms with Gasteiger partial charge in [0.25, 0.3) is 0 Å². The van der Waals surface area contributed by atoms with Gasteiger partial charge in [-0.2, -0.15) is 0 Å². The number of aliphatic hydroxyl groups is 1. The van der Waals surface area contributed by atoms with Crippen molar-refractivity contribution in [2.45, 2.75) is 13.2 Å². The Labute approximate surface area is 112 Å². The zero-order valence-electron chi connectivity index (χ0n) is 9.30. The minimum absolute atomic E-state index is 0.0846. The lowest BCUT2D eigenvalue weighted by molar-refractivity contribution is 0.276. The minimum Gasteiger partial charge on any atom is -0.390 e. The maximum Gasteiger partial charge on any atom is 0.147 e. The lowest BCUT2D eigenvalue weighted by Gasteiger charge is -2.17. The fraction of sp³-hybridized carbons (Fsp3) is 0.273. The van der Waals surface area contributed by atoms with E-state index in [4.69, 9.17) is 5.11 Å². The molecule has 0 radical (unpaired) electrons. The van der Waals surface area contributed by atoms with Crippen LogP contribution in [-0.2, 0) is 13.2 Å². The summed E-state index contributed by atoms with van der Waals surface area (Å²) in [5.74, 6) is 0.763. The van der Waals surface area contributed by atoms with E-state index in [1.807, 2.05) is 11.9 Å². The van der Waals surface area contributed by atoms with Gasteiger partial charge >= 0.3 is 0 Å². The average molecular weight is 314 g/mol. The molecule has 2 aromatic heterocycles. The molecule has 90 valence electrons. The summed E-state index contributed by atoms with van der Waals surface area (Å²) in [5.41, 5.74) is 1.81. The lowest BCUT2D eigenvalue weighted by atomic mass is 10.3. The van der Waals surface area contributed by atoms with Gasteiger partial charge in [-0.1, -0.05) is 0 Å². The Morgan fingerprint density at radius 3 is 2.94 bits per heavy atom. The second-order valence-corrected chi connectivity index (χ2v) is 5.93. The minimum atomic E-state index is -0.0846. The molecular formula is C11H12BrN3OS. The molecule has 0 saturated heterocycles. The summed E-state index contributed by atoms with van der Waals surface area (Å²) in [6, 6.07) is 2.09. The van der Waals surface area contributed by atoms with Crippen LogP contribution in [0.15, 0.2) is 27.6 Å². The van der Waals surface area contributed by atoms with E-state index in [0.717, 1.165) is 16.1 Å². The Morgan fingerprint density at radius 1 is 1.47 bits per heavy atom. The molecule has 0 aromatic carbocycles. The summed E-state index contributed by atoms with van der Waals surface area (Å²) in [4.78, 5) is 10.4. The molecule has 0 spiro atoms. The van der Waals surface area contributed by atoms with Gasteiger partial charge in [0.05, 0.1) is 28.5 Å². The molecule has 0 fully saturated rings. The predicted molar refractivity (Wildman–Crippen MR) is 72.1 cm³/mol. The van der Waals surface area contributed by atoms with Crippen molar-refractivity contribution in [1.82, 2.24) is 9.97 Å². The van der Waals surface area contributed by atoms with Gasteiger partial charge in [0.15, 0.2) is 0 Å². The van der Waals surface area contributed by atoms with Crippen LogP contribution in [0.5, 0.6) is 0 Å². The predicted octanol–water partition coefficient (Wildman–Crippen LogP) is 2.43. The highest BCUT2D eigenvalue weighted by Crippen LogP contribution is 2.22. The van der Waals surface area contributed by atoms with E-state index in [-0.39, 0.29) is 6.61 Å². The van der Waals surface area contributed by atoms with Gasteiger partial charge in [0.1, 0.15) is 5.82 Å². The molecule has 0 unspecified atom stereocenters. The maximum atomic E-state index is 9.01. The quantitative estimate of drug-likeness (QED) is 0.942. The molecule has 2 aromatic rings. The molecule has 0 aliphatic rings. The third-order valence-electron chi connectivity index (χ3n) is 2.27. The summed E-state index contributed by atoms with van der Waals surface area (Å²) in [7, 11) is 1.96. The van der Waals surface area contributed by atoms with Gasteiger partial charge in [-0.25, -0.2) is 4.98 Å². The lowest BCUT2D eigenvalue weighted by Crippen LogP contribution is -2.18. The smallest absolute Gasteiger partial charge is 0.147 e. The standard InChI is InChI=1S/C11H12BrN3OS/c1-15(5-8-2-10(12)17-7-8)11-4-13-3-9(6-16)14-11/h2-4,7,16H,5-6H2,1H3. The number of rotatable bonds is 4. The van der Waals surface area contributed by atoms with Crippen molar-refractivity contribution >= 4 is 33.1 Å². The van der Waals surface area contributed by atoms with E-state index in [0.29, 0.717) is 5.69 Å². The highest BCUT2D eigenvalue weighted by atomic mass is 79.9. The molecule has 0 aliphatic carbocycles. The molecule has 0 amide bonds. The molecule has 0 saturated carbocycles. The summed E-state index contributed by atoms with van der Waals surface area (Å²) in [6.45, 7) is 0.685. The number of aliphatic hydroxyl groups excluding tert-OH is 1. The van der Waals surface area contributed by atoms with Gasteiger partial charge < -0.3 is 10.0 Å². The molecule has 2 rings (SSSR count). The molecule has 17 heavy (non-hydrogen) atoms. The van der Waals surface area contributed by atoms with Crippen LogP contribution >= 0.6 is 27.3 Å². The van der Waals surface area contributed by atoms with Crippen LogP contribution in [0.1, 0.15) is 11.3 Å². The van der Waals surface area contributed by atoms with Crippen LogP contribution in [0.2, 0.25) is 0 Å². The van der Waals surface area contributed by atoms with Crippen LogP contribution in [0.25, 0.3) is 0 Å². The van der Waals surface area contributed by atoms with Gasteiger partial charge in [0.2, 0.25) is 0 Å². The number of thiophene rings is 1. The van der Waals surface area contributed by atoms with Crippen LogP contribution in [-0.4, -0.2) is 22.1 Å². The van der Waals surface area contributed by atoms with Gasteiger partial charge in [0, 0.05) is 13.6 Å². The second-order valence-electron chi connectivity index (χ2n) is 3.64. The van der Waals surface area contributed by atoms with Gasteiger partial charge in [-0.05, 0) is 32.9 Å². The van der Waals surface area contributed by atoms with Crippen LogP contribution < -0.4 is 4.90 Å². The zero-order valence-corrected chi connectivity index (χ0v) is 11.7. The van der Waals surface area contributed by atoms with E-state index in [1.165, 1.54) is 5.56 Å². The van der Waals surface area contributed by atoms with Gasteiger partial charge in [-0.3, -0.25) is 4.98 Å². The third-order valence-corrected chi connectivity index (χ3v) is 3.82. The molecule has 0 aliphatic heterocycles.